The van der Waals surface area contributed by atoms with Crippen LogP contribution in [-0.2, 0) is 26.6 Å². The molecular formula is C9H24O6Si2. The molecule has 0 fully saturated rings. The lowest BCUT2D eigenvalue weighted by atomic mass is 11.3. The second kappa shape index (κ2) is 9.91. The van der Waals surface area contributed by atoms with Gasteiger partial charge in [-0.3, -0.25) is 0 Å². The minimum Gasteiger partial charge on any atom is -0.377 e. The molecule has 0 aliphatic heterocycles. The first kappa shape index (κ1) is 19.3. The van der Waals surface area contributed by atoms with Crippen LogP contribution in [0.25, 0.3) is 0 Å². The molecule has 0 saturated carbocycles. The normalized spacial score (nSPS) is 11.7. The Morgan fingerprint density at radius 3 is 1.00 bits per heavy atom. The van der Waals surface area contributed by atoms with Gasteiger partial charge in [-0.15, -0.1) is 0 Å². The van der Waals surface area contributed by atoms with Gasteiger partial charge in [0.2, 0.25) is 0 Å². The second-order valence-electron chi connectivity index (χ2n) is 2.89. The maximum atomic E-state index is 4.96. The van der Waals surface area contributed by atoms with Gasteiger partial charge in [-0.1, -0.05) is 6.58 Å². The van der Waals surface area contributed by atoms with Gasteiger partial charge in [0.15, 0.2) is 0 Å². The molecule has 0 atom stereocenters. The zero-order chi connectivity index (χ0) is 13.9. The maximum absolute atomic E-state index is 4.96. The van der Waals surface area contributed by atoms with E-state index in [9.17, 15) is 0 Å². The van der Waals surface area contributed by atoms with Gasteiger partial charge in [-0.05, 0) is 5.70 Å². The lowest BCUT2D eigenvalue weighted by Gasteiger charge is -2.19. The van der Waals surface area contributed by atoms with E-state index < -0.39 is 17.6 Å². The zero-order valence-electron chi connectivity index (χ0n) is 11.7. The van der Waals surface area contributed by atoms with Crippen molar-refractivity contribution in [2.45, 2.75) is 6.55 Å². The molecular weight excluding hydrogens is 260 g/mol. The topological polar surface area (TPSA) is 55.4 Å². The highest BCUT2D eigenvalue weighted by Crippen LogP contribution is 2.05. The SMILES string of the molecule is C=C[Si](OC)(OC)OC.CO[Si](C)(OC)OC. The van der Waals surface area contributed by atoms with Crippen molar-refractivity contribution in [1.29, 1.82) is 0 Å². The van der Waals surface area contributed by atoms with Gasteiger partial charge in [0.05, 0.1) is 0 Å². The molecule has 0 unspecified atom stereocenters. The first-order valence-corrected chi connectivity index (χ1v) is 8.90. The largest absolute Gasteiger partial charge is 0.528 e. The molecule has 0 spiro atoms. The molecule has 0 aromatic heterocycles. The van der Waals surface area contributed by atoms with E-state index in [-0.39, 0.29) is 0 Å². The van der Waals surface area contributed by atoms with Crippen molar-refractivity contribution < 1.29 is 26.6 Å². The molecule has 0 aliphatic carbocycles. The molecule has 0 aromatic rings. The summed E-state index contributed by atoms with van der Waals surface area (Å²) >= 11 is 0. The zero-order valence-corrected chi connectivity index (χ0v) is 13.7. The van der Waals surface area contributed by atoms with Crippen molar-refractivity contribution in [3.05, 3.63) is 12.3 Å². The highest BCUT2D eigenvalue weighted by atomic mass is 28.4. The summed E-state index contributed by atoms with van der Waals surface area (Å²) in [5.74, 6) is 0. The smallest absolute Gasteiger partial charge is 0.377 e. The molecule has 0 heterocycles. The van der Waals surface area contributed by atoms with E-state index in [4.69, 9.17) is 26.6 Å². The quantitative estimate of drug-likeness (QED) is 0.652. The number of hydrogen-bond acceptors (Lipinski definition) is 6. The third-order valence-electron chi connectivity index (χ3n) is 2.22. The molecule has 0 radical (unpaired) electrons. The standard InChI is InChI=1S/C5H12O3Si.C4H12O3Si/c1-5-9(6-2,7-3)8-4;1-5-8(4,6-2)7-3/h5H,1H2,2-4H3;1-4H3. The summed E-state index contributed by atoms with van der Waals surface area (Å²) in [5.41, 5.74) is 1.58. The van der Waals surface area contributed by atoms with Gasteiger partial charge in [0.1, 0.15) is 0 Å². The Balaban J connectivity index is 0. The Kier molecular flexibility index (Phi) is 11.2. The van der Waals surface area contributed by atoms with Crippen LogP contribution in [0.15, 0.2) is 12.3 Å². The minimum absolute atomic E-state index is 1.54. The predicted octanol–water partition coefficient (Wildman–Crippen LogP) is 1.08. The van der Waals surface area contributed by atoms with Crippen LogP contribution in [0.5, 0.6) is 0 Å². The van der Waals surface area contributed by atoms with Crippen LogP contribution in [-0.4, -0.2) is 60.3 Å². The summed E-state index contributed by atoms with van der Waals surface area (Å²) in [6, 6.07) is 0. The molecule has 8 heteroatoms. The van der Waals surface area contributed by atoms with Crippen LogP contribution in [0.3, 0.4) is 0 Å². The Bertz CT molecular complexity index is 177. The summed E-state index contributed by atoms with van der Waals surface area (Å²) in [6.45, 7) is 5.36. The Morgan fingerprint density at radius 2 is 1.00 bits per heavy atom. The van der Waals surface area contributed by atoms with Crippen molar-refractivity contribution in [3.8, 4) is 0 Å². The molecule has 17 heavy (non-hydrogen) atoms. The van der Waals surface area contributed by atoms with E-state index in [2.05, 4.69) is 6.58 Å². The van der Waals surface area contributed by atoms with Crippen LogP contribution < -0.4 is 0 Å². The molecule has 0 bridgehead atoms. The molecule has 104 valence electrons. The third-order valence-corrected chi connectivity index (χ3v) is 6.65. The van der Waals surface area contributed by atoms with E-state index in [0.717, 1.165) is 0 Å². The molecule has 0 aliphatic rings. The van der Waals surface area contributed by atoms with E-state index in [1.807, 2.05) is 6.55 Å². The summed E-state index contributed by atoms with van der Waals surface area (Å²) in [4.78, 5) is 0. The average Bonchev–Trinajstić information content (AvgIpc) is 2.42. The van der Waals surface area contributed by atoms with Gasteiger partial charge >= 0.3 is 17.6 Å². The summed E-state index contributed by atoms with van der Waals surface area (Å²) in [7, 11) is 4.78. The molecule has 0 aromatic carbocycles. The number of rotatable bonds is 7. The highest BCUT2D eigenvalue weighted by molar-refractivity contribution is 6.66. The van der Waals surface area contributed by atoms with Gasteiger partial charge in [0.25, 0.3) is 0 Å². The Labute approximate surface area is 106 Å². The molecule has 0 saturated heterocycles. The molecule has 6 nitrogen and oxygen atoms in total. The fraction of sp³-hybridized carbons (Fsp3) is 0.778. The lowest BCUT2D eigenvalue weighted by Crippen LogP contribution is -2.40. The highest BCUT2D eigenvalue weighted by Gasteiger charge is 2.33. The molecule has 0 N–H and O–H groups in total. The van der Waals surface area contributed by atoms with Crippen LogP contribution in [0.1, 0.15) is 0 Å². The summed E-state index contributed by atoms with van der Waals surface area (Å²) in [6.07, 6.45) is 0. The Hall–Kier alpha value is -0.0662. The van der Waals surface area contributed by atoms with Crippen LogP contribution in [0.2, 0.25) is 6.55 Å². The first-order chi connectivity index (χ1) is 7.92. The average molecular weight is 284 g/mol. The van der Waals surface area contributed by atoms with Crippen LogP contribution in [0.4, 0.5) is 0 Å². The van der Waals surface area contributed by atoms with Gasteiger partial charge < -0.3 is 26.6 Å². The fourth-order valence-corrected chi connectivity index (χ4v) is 2.25. The molecule has 0 rings (SSSR count). The summed E-state index contributed by atoms with van der Waals surface area (Å²) < 4.78 is 29.7. The monoisotopic (exact) mass is 284 g/mol. The van der Waals surface area contributed by atoms with Crippen molar-refractivity contribution in [2.75, 3.05) is 42.7 Å². The second-order valence-corrected chi connectivity index (χ2v) is 8.68. The Morgan fingerprint density at radius 1 is 0.706 bits per heavy atom. The van der Waals surface area contributed by atoms with Crippen molar-refractivity contribution in [3.63, 3.8) is 0 Å². The van der Waals surface area contributed by atoms with Crippen LogP contribution in [0, 0.1) is 0 Å². The van der Waals surface area contributed by atoms with Gasteiger partial charge in [-0.25, -0.2) is 0 Å². The van der Waals surface area contributed by atoms with Gasteiger partial charge in [-0.2, -0.15) is 0 Å². The number of hydrogen-bond donors (Lipinski definition) is 0. The van der Waals surface area contributed by atoms with E-state index >= 15 is 0 Å². The van der Waals surface area contributed by atoms with Crippen molar-refractivity contribution in [1.82, 2.24) is 0 Å². The van der Waals surface area contributed by atoms with Crippen LogP contribution >= 0.6 is 0 Å². The lowest BCUT2D eigenvalue weighted by molar-refractivity contribution is 0.132. The van der Waals surface area contributed by atoms with E-state index in [0.29, 0.717) is 0 Å². The first-order valence-electron chi connectivity index (χ1n) is 4.87. The van der Waals surface area contributed by atoms with Crippen molar-refractivity contribution >= 4 is 17.6 Å². The molecule has 0 amide bonds. The summed E-state index contributed by atoms with van der Waals surface area (Å²) in [5, 5.41) is 0. The van der Waals surface area contributed by atoms with E-state index in [1.54, 1.807) is 48.4 Å². The maximum Gasteiger partial charge on any atom is 0.528 e. The van der Waals surface area contributed by atoms with E-state index in [1.165, 1.54) is 0 Å². The fourth-order valence-electron chi connectivity index (χ4n) is 0.750. The van der Waals surface area contributed by atoms with Crippen molar-refractivity contribution in [2.24, 2.45) is 0 Å². The predicted molar refractivity (Wildman–Crippen MR) is 69.6 cm³/mol. The minimum atomic E-state index is -2.43. The third kappa shape index (κ3) is 7.06. The van der Waals surface area contributed by atoms with Gasteiger partial charge in [0, 0.05) is 49.2 Å².